The highest BCUT2D eigenvalue weighted by molar-refractivity contribution is 5.55. The van der Waals surface area contributed by atoms with Crippen LogP contribution >= 0.6 is 0 Å². The van der Waals surface area contributed by atoms with Crippen molar-refractivity contribution in [2.24, 2.45) is 7.05 Å². The zero-order chi connectivity index (χ0) is 14.1. The third kappa shape index (κ3) is 2.41. The lowest BCUT2D eigenvalue weighted by molar-refractivity contribution is 0.168. The first-order chi connectivity index (χ1) is 9.65. The van der Waals surface area contributed by atoms with Gasteiger partial charge < -0.3 is 10.0 Å². The van der Waals surface area contributed by atoms with Crippen LogP contribution in [0.3, 0.4) is 0 Å². The first-order valence-corrected chi connectivity index (χ1v) is 6.84. The molecule has 0 aliphatic carbocycles. The molecule has 106 valence electrons. The number of nitrogens with zero attached hydrogens (tertiary/aromatic N) is 3. The van der Waals surface area contributed by atoms with Crippen LogP contribution in [0.4, 0.5) is 10.1 Å². The lowest BCUT2D eigenvalue weighted by Gasteiger charge is -2.25. The Labute approximate surface area is 117 Å². The number of aromatic nitrogens is 2. The van der Waals surface area contributed by atoms with Gasteiger partial charge in [-0.3, -0.25) is 4.68 Å². The van der Waals surface area contributed by atoms with Crippen LogP contribution in [0.2, 0.25) is 0 Å². The highest BCUT2D eigenvalue weighted by atomic mass is 19.1. The second kappa shape index (κ2) is 5.25. The summed E-state index contributed by atoms with van der Waals surface area (Å²) in [6.07, 6.45) is 2.73. The van der Waals surface area contributed by atoms with Crippen LogP contribution in [0.25, 0.3) is 0 Å². The molecule has 1 aliphatic heterocycles. The Kier molecular flexibility index (Phi) is 3.44. The van der Waals surface area contributed by atoms with Crippen molar-refractivity contribution in [1.29, 1.82) is 0 Å². The Balaban J connectivity index is 1.96. The van der Waals surface area contributed by atoms with E-state index in [0.29, 0.717) is 18.5 Å². The van der Waals surface area contributed by atoms with Gasteiger partial charge in [0.05, 0.1) is 18.3 Å². The predicted molar refractivity (Wildman–Crippen MR) is 74.9 cm³/mol. The number of hydrogen-bond donors (Lipinski definition) is 1. The van der Waals surface area contributed by atoms with Crippen LogP contribution in [0.5, 0.6) is 0 Å². The van der Waals surface area contributed by atoms with Gasteiger partial charge in [-0.2, -0.15) is 5.10 Å². The van der Waals surface area contributed by atoms with Gasteiger partial charge in [0.15, 0.2) is 0 Å². The summed E-state index contributed by atoms with van der Waals surface area (Å²) in [5.74, 6) is -0.301. The molecule has 2 heterocycles. The highest BCUT2D eigenvalue weighted by Crippen LogP contribution is 2.34. The van der Waals surface area contributed by atoms with Gasteiger partial charge in [-0.05, 0) is 37.1 Å². The SMILES string of the molecule is Cn1nccc1CN1CCCC(O)c2cc(F)ccc21. The van der Waals surface area contributed by atoms with Gasteiger partial charge >= 0.3 is 0 Å². The quantitative estimate of drug-likeness (QED) is 0.915. The molecule has 0 saturated carbocycles. The number of halogens is 1. The van der Waals surface area contributed by atoms with E-state index in [-0.39, 0.29) is 5.82 Å². The first-order valence-electron chi connectivity index (χ1n) is 6.84. The molecule has 20 heavy (non-hydrogen) atoms. The van der Waals surface area contributed by atoms with E-state index in [2.05, 4.69) is 10.00 Å². The zero-order valence-electron chi connectivity index (χ0n) is 11.5. The fourth-order valence-electron chi connectivity index (χ4n) is 2.75. The van der Waals surface area contributed by atoms with Gasteiger partial charge in [-0.15, -0.1) is 0 Å². The maximum absolute atomic E-state index is 13.4. The summed E-state index contributed by atoms with van der Waals surface area (Å²) in [5, 5.41) is 14.3. The van der Waals surface area contributed by atoms with Crippen LogP contribution in [0, 0.1) is 5.82 Å². The fourth-order valence-corrected chi connectivity index (χ4v) is 2.75. The van der Waals surface area contributed by atoms with Crippen LogP contribution < -0.4 is 4.90 Å². The monoisotopic (exact) mass is 275 g/mol. The summed E-state index contributed by atoms with van der Waals surface area (Å²) >= 11 is 0. The van der Waals surface area contributed by atoms with Crippen molar-refractivity contribution in [3.63, 3.8) is 0 Å². The van der Waals surface area contributed by atoms with Gasteiger partial charge in [-0.1, -0.05) is 0 Å². The molecular formula is C15H18FN3O. The molecule has 1 aliphatic rings. The minimum atomic E-state index is -0.586. The number of fused-ring (bicyclic) bond motifs is 1. The van der Waals surface area contributed by atoms with Crippen LogP contribution in [-0.4, -0.2) is 21.4 Å². The number of benzene rings is 1. The van der Waals surface area contributed by atoms with E-state index in [1.54, 1.807) is 12.3 Å². The van der Waals surface area contributed by atoms with Crippen molar-refractivity contribution in [1.82, 2.24) is 9.78 Å². The number of aliphatic hydroxyl groups is 1. The third-order valence-electron chi connectivity index (χ3n) is 3.87. The Hall–Kier alpha value is -1.88. The Morgan fingerprint density at radius 3 is 3.00 bits per heavy atom. The largest absolute Gasteiger partial charge is 0.388 e. The summed E-state index contributed by atoms with van der Waals surface area (Å²) in [6.45, 7) is 1.56. The van der Waals surface area contributed by atoms with Gasteiger partial charge in [0.2, 0.25) is 0 Å². The van der Waals surface area contributed by atoms with Crippen molar-refractivity contribution < 1.29 is 9.50 Å². The molecule has 1 aromatic heterocycles. The minimum absolute atomic E-state index is 0.301. The average Bonchev–Trinajstić information content (AvgIpc) is 2.76. The molecule has 0 bridgehead atoms. The van der Waals surface area contributed by atoms with Gasteiger partial charge in [-0.25, -0.2) is 4.39 Å². The molecule has 1 unspecified atom stereocenters. The summed E-state index contributed by atoms with van der Waals surface area (Å²) in [4.78, 5) is 2.18. The van der Waals surface area contributed by atoms with Gasteiger partial charge in [0.25, 0.3) is 0 Å². The molecule has 4 nitrogen and oxygen atoms in total. The van der Waals surface area contributed by atoms with E-state index in [9.17, 15) is 9.50 Å². The Bertz CT molecular complexity index is 611. The average molecular weight is 275 g/mol. The van der Waals surface area contributed by atoms with Crippen molar-refractivity contribution in [2.75, 3.05) is 11.4 Å². The number of anilines is 1. The van der Waals surface area contributed by atoms with Crippen LogP contribution in [0.15, 0.2) is 30.5 Å². The maximum atomic E-state index is 13.4. The standard InChI is InChI=1S/C15H18FN3O/c1-18-12(6-7-17-18)10-19-8-2-3-15(20)13-9-11(16)4-5-14(13)19/h4-7,9,15,20H,2-3,8,10H2,1H3. The molecule has 1 aromatic carbocycles. The smallest absolute Gasteiger partial charge is 0.123 e. The lowest BCUT2D eigenvalue weighted by atomic mass is 10.0. The Morgan fingerprint density at radius 2 is 2.25 bits per heavy atom. The normalized spacial score (nSPS) is 18.8. The summed E-state index contributed by atoms with van der Waals surface area (Å²) < 4.78 is 15.3. The molecule has 0 saturated heterocycles. The number of rotatable bonds is 2. The molecule has 1 atom stereocenters. The number of aryl methyl sites for hydroxylation is 1. The zero-order valence-corrected chi connectivity index (χ0v) is 11.5. The molecule has 0 amide bonds. The number of aliphatic hydroxyl groups excluding tert-OH is 1. The van der Waals surface area contributed by atoms with Crippen LogP contribution in [-0.2, 0) is 13.6 Å². The van der Waals surface area contributed by atoms with Crippen molar-refractivity contribution in [3.8, 4) is 0 Å². The maximum Gasteiger partial charge on any atom is 0.123 e. The van der Waals surface area contributed by atoms with E-state index in [1.165, 1.54) is 12.1 Å². The van der Waals surface area contributed by atoms with E-state index in [0.717, 1.165) is 24.3 Å². The summed E-state index contributed by atoms with van der Waals surface area (Å²) in [6, 6.07) is 6.63. The van der Waals surface area contributed by atoms with Gasteiger partial charge in [0, 0.05) is 31.0 Å². The third-order valence-corrected chi connectivity index (χ3v) is 3.87. The number of hydrogen-bond acceptors (Lipinski definition) is 3. The molecular weight excluding hydrogens is 257 g/mol. The topological polar surface area (TPSA) is 41.3 Å². The lowest BCUT2D eigenvalue weighted by Crippen LogP contribution is -2.25. The Morgan fingerprint density at radius 1 is 1.40 bits per heavy atom. The van der Waals surface area contributed by atoms with Crippen molar-refractivity contribution in [2.45, 2.75) is 25.5 Å². The predicted octanol–water partition coefficient (Wildman–Crippen LogP) is 2.39. The molecule has 0 fully saturated rings. The van der Waals surface area contributed by atoms with Crippen molar-refractivity contribution in [3.05, 3.63) is 47.5 Å². The minimum Gasteiger partial charge on any atom is -0.388 e. The van der Waals surface area contributed by atoms with E-state index >= 15 is 0 Å². The summed E-state index contributed by atoms with van der Waals surface area (Å²) in [7, 11) is 1.91. The fraction of sp³-hybridized carbons (Fsp3) is 0.400. The molecule has 5 heteroatoms. The second-order valence-electron chi connectivity index (χ2n) is 5.23. The molecule has 1 N–H and O–H groups in total. The molecule has 0 radical (unpaired) electrons. The second-order valence-corrected chi connectivity index (χ2v) is 5.23. The van der Waals surface area contributed by atoms with Crippen LogP contribution in [0.1, 0.15) is 30.2 Å². The molecule has 0 spiro atoms. The van der Waals surface area contributed by atoms with E-state index in [4.69, 9.17) is 0 Å². The van der Waals surface area contributed by atoms with E-state index in [1.807, 2.05) is 17.8 Å². The molecule has 2 aromatic rings. The van der Waals surface area contributed by atoms with E-state index < -0.39 is 6.10 Å². The van der Waals surface area contributed by atoms with Crippen molar-refractivity contribution >= 4 is 5.69 Å². The molecule has 3 rings (SSSR count). The summed E-state index contributed by atoms with van der Waals surface area (Å²) in [5.41, 5.74) is 2.69. The highest BCUT2D eigenvalue weighted by Gasteiger charge is 2.22. The van der Waals surface area contributed by atoms with Gasteiger partial charge in [0.1, 0.15) is 5.82 Å². The first kappa shape index (κ1) is 13.1.